The Kier molecular flexibility index (Phi) is 4.97. The quantitative estimate of drug-likeness (QED) is 0.789. The van der Waals surface area contributed by atoms with Crippen LogP contribution in [0.25, 0.3) is 6.08 Å². The van der Waals surface area contributed by atoms with Crippen molar-refractivity contribution in [2.75, 3.05) is 19.0 Å². The molecule has 0 amide bonds. The Labute approximate surface area is 148 Å². The molecule has 5 nitrogen and oxygen atoms in total. The van der Waals surface area contributed by atoms with Crippen molar-refractivity contribution in [3.05, 3.63) is 58.4 Å². The molecule has 0 radical (unpaired) electrons. The van der Waals surface area contributed by atoms with Crippen molar-refractivity contribution in [3.63, 3.8) is 0 Å². The fourth-order valence-electron chi connectivity index (χ4n) is 2.55. The summed E-state index contributed by atoms with van der Waals surface area (Å²) in [5.41, 5.74) is 1.96. The SMILES string of the molecule is CN(C)c1ccc(C=CC2=C(C#N)C(=C(C#N)C#N)OC2(C)C)cc1. The highest BCUT2D eigenvalue weighted by atomic mass is 16.5. The van der Waals surface area contributed by atoms with Gasteiger partial charge in [-0.2, -0.15) is 15.8 Å². The smallest absolute Gasteiger partial charge is 0.172 e. The zero-order valence-electron chi connectivity index (χ0n) is 14.7. The molecular weight excluding hydrogens is 312 g/mol. The van der Waals surface area contributed by atoms with Gasteiger partial charge in [0.2, 0.25) is 0 Å². The largest absolute Gasteiger partial charge is 0.480 e. The third-order valence-electron chi connectivity index (χ3n) is 3.92. The lowest BCUT2D eigenvalue weighted by Crippen LogP contribution is -2.20. The molecule has 2 rings (SSSR count). The lowest BCUT2D eigenvalue weighted by Gasteiger charge is -2.20. The van der Waals surface area contributed by atoms with Crippen LogP contribution >= 0.6 is 0 Å². The van der Waals surface area contributed by atoms with E-state index in [-0.39, 0.29) is 16.9 Å². The Morgan fingerprint density at radius 2 is 1.64 bits per heavy atom. The first kappa shape index (κ1) is 17.9. The van der Waals surface area contributed by atoms with Crippen molar-refractivity contribution in [2.45, 2.75) is 19.4 Å². The number of ether oxygens (including phenoxy) is 1. The Hall–Kier alpha value is -3.49. The van der Waals surface area contributed by atoms with E-state index >= 15 is 0 Å². The highest BCUT2D eigenvalue weighted by molar-refractivity contribution is 5.65. The van der Waals surface area contributed by atoms with Gasteiger partial charge in [-0.3, -0.25) is 0 Å². The Bertz CT molecular complexity index is 879. The van der Waals surface area contributed by atoms with Gasteiger partial charge in [-0.05, 0) is 31.5 Å². The molecule has 0 fully saturated rings. The summed E-state index contributed by atoms with van der Waals surface area (Å²) in [4.78, 5) is 2.01. The average Bonchev–Trinajstić information content (AvgIpc) is 2.84. The normalized spacial score (nSPS) is 15.3. The van der Waals surface area contributed by atoms with E-state index < -0.39 is 5.60 Å². The summed E-state index contributed by atoms with van der Waals surface area (Å²) >= 11 is 0. The number of anilines is 1. The molecule has 1 aromatic carbocycles. The molecule has 0 aliphatic carbocycles. The Morgan fingerprint density at radius 3 is 2.12 bits per heavy atom. The van der Waals surface area contributed by atoms with E-state index in [4.69, 9.17) is 15.3 Å². The predicted molar refractivity (Wildman–Crippen MR) is 95.9 cm³/mol. The van der Waals surface area contributed by atoms with Crippen molar-refractivity contribution in [1.29, 1.82) is 15.8 Å². The summed E-state index contributed by atoms with van der Waals surface area (Å²) in [5, 5.41) is 27.6. The van der Waals surface area contributed by atoms with E-state index in [0.29, 0.717) is 5.57 Å². The van der Waals surface area contributed by atoms with Crippen LogP contribution in [0.4, 0.5) is 5.69 Å². The summed E-state index contributed by atoms with van der Waals surface area (Å²) in [6.07, 6.45) is 3.70. The lowest BCUT2D eigenvalue weighted by molar-refractivity contribution is 0.0954. The van der Waals surface area contributed by atoms with Gasteiger partial charge in [0, 0.05) is 25.4 Å². The van der Waals surface area contributed by atoms with Crippen LogP contribution in [0.1, 0.15) is 19.4 Å². The predicted octanol–water partition coefficient (Wildman–Crippen LogP) is 3.70. The molecule has 1 aliphatic heterocycles. The minimum Gasteiger partial charge on any atom is -0.480 e. The topological polar surface area (TPSA) is 83.8 Å². The van der Waals surface area contributed by atoms with Crippen LogP contribution in [0.3, 0.4) is 0 Å². The molecule has 1 heterocycles. The van der Waals surface area contributed by atoms with Gasteiger partial charge in [0.05, 0.1) is 0 Å². The number of nitrogens with zero attached hydrogens (tertiary/aromatic N) is 4. The summed E-state index contributed by atoms with van der Waals surface area (Å²) in [5.74, 6) is 0.0557. The van der Waals surface area contributed by atoms with Crippen molar-refractivity contribution in [2.24, 2.45) is 0 Å². The van der Waals surface area contributed by atoms with Crippen LogP contribution < -0.4 is 4.90 Å². The fraction of sp³-hybridized carbons (Fsp3) is 0.250. The summed E-state index contributed by atoms with van der Waals surface area (Å²) < 4.78 is 5.73. The molecule has 1 aromatic rings. The number of rotatable bonds is 3. The third-order valence-corrected chi connectivity index (χ3v) is 3.92. The first-order valence-corrected chi connectivity index (χ1v) is 7.68. The molecule has 5 heteroatoms. The van der Waals surface area contributed by atoms with Gasteiger partial charge in [-0.15, -0.1) is 0 Å². The standard InChI is InChI=1S/C20H18N4O/c1-20(2)18(17(13-23)19(25-20)15(11-21)12-22)10-7-14-5-8-16(9-6-14)24(3)4/h5-10H,1-4H3. The number of hydrogen-bond donors (Lipinski definition) is 0. The third kappa shape index (κ3) is 3.55. The van der Waals surface area contributed by atoms with Crippen LogP contribution in [0, 0.1) is 34.0 Å². The van der Waals surface area contributed by atoms with Gasteiger partial charge in [0.15, 0.2) is 11.3 Å². The maximum Gasteiger partial charge on any atom is 0.172 e. The summed E-state index contributed by atoms with van der Waals surface area (Å²) in [6.45, 7) is 3.61. The number of hydrogen-bond acceptors (Lipinski definition) is 5. The van der Waals surface area contributed by atoms with E-state index in [0.717, 1.165) is 11.3 Å². The van der Waals surface area contributed by atoms with Crippen LogP contribution in [0.15, 0.2) is 52.8 Å². The highest BCUT2D eigenvalue weighted by Crippen LogP contribution is 2.40. The fourth-order valence-corrected chi connectivity index (χ4v) is 2.55. The maximum atomic E-state index is 9.49. The van der Waals surface area contributed by atoms with E-state index in [1.165, 1.54) is 0 Å². The second-order valence-electron chi connectivity index (χ2n) is 6.26. The molecule has 124 valence electrons. The minimum atomic E-state index is -0.792. The zero-order chi connectivity index (χ0) is 18.6. The van der Waals surface area contributed by atoms with Gasteiger partial charge >= 0.3 is 0 Å². The lowest BCUT2D eigenvalue weighted by atomic mass is 9.94. The van der Waals surface area contributed by atoms with Crippen molar-refractivity contribution >= 4 is 11.8 Å². The van der Waals surface area contributed by atoms with Gasteiger partial charge in [0.25, 0.3) is 0 Å². The average molecular weight is 330 g/mol. The van der Waals surface area contributed by atoms with Gasteiger partial charge in [-0.1, -0.05) is 24.3 Å². The molecule has 0 atom stereocenters. The molecular formula is C20H18N4O. The van der Waals surface area contributed by atoms with Crippen molar-refractivity contribution < 1.29 is 4.74 Å². The minimum absolute atomic E-state index is 0.0557. The van der Waals surface area contributed by atoms with Gasteiger partial charge in [-0.25, -0.2) is 0 Å². The molecule has 0 bridgehead atoms. The first-order valence-electron chi connectivity index (χ1n) is 7.68. The molecule has 0 saturated heterocycles. The van der Waals surface area contributed by atoms with Crippen LogP contribution in [0.2, 0.25) is 0 Å². The van der Waals surface area contributed by atoms with Crippen molar-refractivity contribution in [3.8, 4) is 18.2 Å². The molecule has 0 N–H and O–H groups in total. The zero-order valence-corrected chi connectivity index (χ0v) is 14.7. The van der Waals surface area contributed by atoms with Crippen molar-refractivity contribution in [1.82, 2.24) is 0 Å². The highest BCUT2D eigenvalue weighted by Gasteiger charge is 2.38. The monoisotopic (exact) mass is 330 g/mol. The number of nitriles is 3. The second kappa shape index (κ2) is 6.95. The molecule has 0 aromatic heterocycles. The number of allylic oxidation sites excluding steroid dienone is 2. The van der Waals surface area contributed by atoms with E-state index in [1.807, 2.05) is 55.4 Å². The maximum absolute atomic E-state index is 9.49. The van der Waals surface area contributed by atoms with Crippen LogP contribution in [-0.4, -0.2) is 19.7 Å². The van der Waals surface area contributed by atoms with Gasteiger partial charge < -0.3 is 9.64 Å². The van der Waals surface area contributed by atoms with E-state index in [1.54, 1.807) is 26.0 Å². The Balaban J connectivity index is 2.47. The Morgan fingerprint density at radius 1 is 1.04 bits per heavy atom. The summed E-state index contributed by atoms with van der Waals surface area (Å²) in [7, 11) is 3.95. The molecule has 0 saturated carbocycles. The summed E-state index contributed by atoms with van der Waals surface area (Å²) in [6, 6.07) is 13.6. The first-order chi connectivity index (χ1) is 11.8. The van der Waals surface area contributed by atoms with E-state index in [9.17, 15) is 5.26 Å². The number of benzene rings is 1. The van der Waals surface area contributed by atoms with E-state index in [2.05, 4.69) is 6.07 Å². The van der Waals surface area contributed by atoms with Crippen LogP contribution in [0.5, 0.6) is 0 Å². The molecule has 25 heavy (non-hydrogen) atoms. The molecule has 1 aliphatic rings. The second-order valence-corrected chi connectivity index (χ2v) is 6.26. The van der Waals surface area contributed by atoms with Crippen LogP contribution in [-0.2, 0) is 4.74 Å². The molecule has 0 spiro atoms. The molecule has 0 unspecified atom stereocenters. The van der Waals surface area contributed by atoms with Gasteiger partial charge in [0.1, 0.15) is 29.4 Å².